The minimum Gasteiger partial charge on any atom is -0.469 e. The molecular formula is C20H29N3O3S. The van der Waals surface area contributed by atoms with E-state index in [0.29, 0.717) is 19.0 Å². The minimum absolute atomic E-state index is 0.0498. The van der Waals surface area contributed by atoms with E-state index in [1.54, 1.807) is 11.3 Å². The topological polar surface area (TPSA) is 71.5 Å². The van der Waals surface area contributed by atoms with Gasteiger partial charge in [-0.15, -0.1) is 11.3 Å². The van der Waals surface area contributed by atoms with Gasteiger partial charge in [0.2, 0.25) is 5.91 Å². The Morgan fingerprint density at radius 2 is 2.26 bits per heavy atom. The molecule has 1 amide bonds. The third-order valence-corrected chi connectivity index (χ3v) is 6.50. The van der Waals surface area contributed by atoms with Crippen LogP contribution in [0, 0.1) is 5.41 Å². The molecule has 3 atom stereocenters. The van der Waals surface area contributed by atoms with Crippen molar-refractivity contribution in [2.24, 2.45) is 5.41 Å². The molecule has 0 radical (unpaired) electrons. The second-order valence-corrected chi connectivity index (χ2v) is 8.54. The van der Waals surface area contributed by atoms with E-state index in [2.05, 4.69) is 39.9 Å². The summed E-state index contributed by atoms with van der Waals surface area (Å²) >= 11 is 1.57. The van der Waals surface area contributed by atoms with Gasteiger partial charge in [-0.05, 0) is 33.1 Å². The number of amides is 1. The fourth-order valence-corrected chi connectivity index (χ4v) is 5.15. The van der Waals surface area contributed by atoms with E-state index in [1.807, 2.05) is 10.9 Å². The first kappa shape index (κ1) is 20.0. The molecule has 2 aliphatic heterocycles. The number of rotatable bonds is 8. The van der Waals surface area contributed by atoms with Crippen molar-refractivity contribution in [2.75, 3.05) is 20.2 Å². The van der Waals surface area contributed by atoms with Crippen molar-refractivity contribution in [2.45, 2.75) is 58.0 Å². The summed E-state index contributed by atoms with van der Waals surface area (Å²) in [6, 6.07) is 0.661. The average Bonchev–Trinajstić information content (AvgIpc) is 3.35. The number of hydrogen-bond donors (Lipinski definition) is 1. The van der Waals surface area contributed by atoms with Crippen LogP contribution in [0.3, 0.4) is 0 Å². The van der Waals surface area contributed by atoms with Crippen molar-refractivity contribution in [3.05, 3.63) is 28.2 Å². The number of nitrogens with zero attached hydrogens (tertiary/aromatic N) is 2. The summed E-state index contributed by atoms with van der Waals surface area (Å²) in [7, 11) is 1.37. The summed E-state index contributed by atoms with van der Waals surface area (Å²) in [4.78, 5) is 31.6. The summed E-state index contributed by atoms with van der Waals surface area (Å²) in [6.45, 7) is 5.43. The number of aromatic nitrogens is 1. The van der Waals surface area contributed by atoms with Gasteiger partial charge in [-0.2, -0.15) is 0 Å². The molecule has 148 valence electrons. The van der Waals surface area contributed by atoms with Crippen molar-refractivity contribution >= 4 is 23.2 Å². The maximum Gasteiger partial charge on any atom is 0.307 e. The van der Waals surface area contributed by atoms with Crippen LogP contribution in [0.1, 0.15) is 45.2 Å². The van der Waals surface area contributed by atoms with E-state index in [-0.39, 0.29) is 24.3 Å². The molecule has 2 aliphatic rings. The molecule has 1 aromatic rings. The van der Waals surface area contributed by atoms with E-state index in [0.717, 1.165) is 31.5 Å². The standard InChI is InChI=1S/C20H29N3O3S/c1-14(2)7-9-23-16-4-5-17(23)20(11-16,10-15-12-27-13-22-15)19(25)21-8-6-18(24)26-3/h7,12-13,16-17H,4-6,8-11H2,1-3H3,(H,21,25)/t16-,17+,20+/m1/s1. The quantitative estimate of drug-likeness (QED) is 0.545. The molecule has 2 fully saturated rings. The molecule has 0 saturated carbocycles. The first-order valence-corrected chi connectivity index (χ1v) is 10.5. The van der Waals surface area contributed by atoms with Crippen molar-refractivity contribution < 1.29 is 14.3 Å². The van der Waals surface area contributed by atoms with Crippen LogP contribution in [0.2, 0.25) is 0 Å². The smallest absolute Gasteiger partial charge is 0.307 e. The summed E-state index contributed by atoms with van der Waals surface area (Å²) in [6.07, 6.45) is 6.15. The summed E-state index contributed by atoms with van der Waals surface area (Å²) in [5.74, 6) is -0.254. The van der Waals surface area contributed by atoms with Gasteiger partial charge in [0.1, 0.15) is 0 Å². The van der Waals surface area contributed by atoms with Crippen molar-refractivity contribution in [1.29, 1.82) is 0 Å². The molecule has 1 aromatic heterocycles. The molecular weight excluding hydrogens is 362 g/mol. The Balaban J connectivity index is 1.78. The molecule has 2 bridgehead atoms. The van der Waals surface area contributed by atoms with E-state index in [1.165, 1.54) is 12.7 Å². The minimum atomic E-state index is -0.470. The lowest BCUT2D eigenvalue weighted by atomic mass is 9.70. The fraction of sp³-hybridized carbons (Fsp3) is 0.650. The molecule has 1 N–H and O–H groups in total. The van der Waals surface area contributed by atoms with Crippen molar-refractivity contribution in [3.63, 3.8) is 0 Å². The largest absolute Gasteiger partial charge is 0.469 e. The lowest BCUT2D eigenvalue weighted by Crippen LogP contribution is -2.51. The van der Waals surface area contributed by atoms with Gasteiger partial charge in [-0.25, -0.2) is 4.98 Å². The zero-order valence-corrected chi connectivity index (χ0v) is 17.2. The Kier molecular flexibility index (Phi) is 6.32. The number of fused-ring (bicyclic) bond motifs is 2. The van der Waals surface area contributed by atoms with Gasteiger partial charge < -0.3 is 10.1 Å². The highest BCUT2D eigenvalue weighted by molar-refractivity contribution is 7.07. The number of carbonyl (C=O) groups is 2. The molecule has 3 heterocycles. The molecule has 0 aromatic carbocycles. The highest BCUT2D eigenvalue weighted by Gasteiger charge is 2.59. The molecule has 3 rings (SSSR count). The number of nitrogens with one attached hydrogen (secondary N) is 1. The van der Waals surface area contributed by atoms with Crippen LogP contribution in [0.15, 0.2) is 22.5 Å². The van der Waals surface area contributed by atoms with E-state index >= 15 is 0 Å². The van der Waals surface area contributed by atoms with E-state index in [4.69, 9.17) is 0 Å². The number of ether oxygens (including phenoxy) is 1. The predicted molar refractivity (Wildman–Crippen MR) is 105 cm³/mol. The summed E-state index contributed by atoms with van der Waals surface area (Å²) in [5, 5.41) is 5.04. The first-order valence-electron chi connectivity index (χ1n) is 9.57. The maximum absolute atomic E-state index is 13.3. The normalized spacial score (nSPS) is 26.8. The van der Waals surface area contributed by atoms with Crippen LogP contribution in [-0.4, -0.2) is 54.0 Å². The number of esters is 1. The zero-order chi connectivity index (χ0) is 19.4. The Morgan fingerprint density at radius 3 is 2.93 bits per heavy atom. The lowest BCUT2D eigenvalue weighted by Gasteiger charge is -2.36. The molecule has 7 heteroatoms. The van der Waals surface area contributed by atoms with Crippen LogP contribution in [0.5, 0.6) is 0 Å². The fourth-order valence-electron chi connectivity index (χ4n) is 4.59. The third-order valence-electron chi connectivity index (χ3n) is 5.87. The lowest BCUT2D eigenvalue weighted by molar-refractivity contribution is -0.140. The molecule has 6 nitrogen and oxygen atoms in total. The number of thiazole rings is 1. The van der Waals surface area contributed by atoms with Crippen LogP contribution >= 0.6 is 11.3 Å². The van der Waals surface area contributed by atoms with E-state index in [9.17, 15) is 9.59 Å². The van der Waals surface area contributed by atoms with Gasteiger partial charge in [0, 0.05) is 37.0 Å². The van der Waals surface area contributed by atoms with Crippen LogP contribution < -0.4 is 5.32 Å². The zero-order valence-electron chi connectivity index (χ0n) is 16.4. The van der Waals surface area contributed by atoms with Crippen LogP contribution in [-0.2, 0) is 20.7 Å². The highest BCUT2D eigenvalue weighted by Crippen LogP contribution is 2.51. The molecule has 0 unspecified atom stereocenters. The average molecular weight is 392 g/mol. The Hall–Kier alpha value is -1.73. The Labute approximate surface area is 165 Å². The van der Waals surface area contributed by atoms with Gasteiger partial charge in [-0.3, -0.25) is 14.5 Å². The highest BCUT2D eigenvalue weighted by atomic mass is 32.1. The van der Waals surface area contributed by atoms with Gasteiger partial charge >= 0.3 is 5.97 Å². The maximum atomic E-state index is 13.3. The SMILES string of the molecule is COC(=O)CCNC(=O)[C@@]1(Cc2cscn2)C[C@H]2CC[C@@H]1N2CC=C(C)C. The van der Waals surface area contributed by atoms with Gasteiger partial charge in [0.05, 0.1) is 30.2 Å². The molecule has 2 saturated heterocycles. The van der Waals surface area contributed by atoms with Crippen molar-refractivity contribution in [1.82, 2.24) is 15.2 Å². The Bertz CT molecular complexity index is 699. The van der Waals surface area contributed by atoms with Gasteiger partial charge in [-0.1, -0.05) is 11.6 Å². The van der Waals surface area contributed by atoms with Crippen LogP contribution in [0.4, 0.5) is 0 Å². The number of methoxy groups -OCH3 is 1. The molecule has 0 spiro atoms. The third kappa shape index (κ3) is 4.24. The van der Waals surface area contributed by atoms with Crippen LogP contribution in [0.25, 0.3) is 0 Å². The van der Waals surface area contributed by atoms with Crippen molar-refractivity contribution in [3.8, 4) is 0 Å². The van der Waals surface area contributed by atoms with Gasteiger partial charge in [0.25, 0.3) is 0 Å². The second-order valence-electron chi connectivity index (χ2n) is 7.82. The van der Waals surface area contributed by atoms with E-state index < -0.39 is 5.41 Å². The predicted octanol–water partition coefficient (Wildman–Crippen LogP) is 2.55. The monoisotopic (exact) mass is 391 g/mol. The number of carbonyl (C=O) groups excluding carboxylic acids is 2. The number of hydrogen-bond acceptors (Lipinski definition) is 6. The molecule has 27 heavy (non-hydrogen) atoms. The number of allylic oxidation sites excluding steroid dienone is 1. The molecule has 0 aliphatic carbocycles. The summed E-state index contributed by atoms with van der Waals surface area (Å²) < 4.78 is 4.68. The first-order chi connectivity index (χ1) is 13.0. The van der Waals surface area contributed by atoms with Gasteiger partial charge in [0.15, 0.2) is 0 Å². The summed E-state index contributed by atoms with van der Waals surface area (Å²) in [5.41, 5.74) is 3.64. The Morgan fingerprint density at radius 1 is 1.44 bits per heavy atom. The second kappa shape index (κ2) is 8.52.